The van der Waals surface area contributed by atoms with Crippen molar-refractivity contribution in [1.82, 2.24) is 19.6 Å². The molecule has 0 amide bonds. The maximum absolute atomic E-state index is 13.4. The third-order valence-corrected chi connectivity index (χ3v) is 4.55. The summed E-state index contributed by atoms with van der Waals surface area (Å²) in [6.07, 6.45) is 1.59. The largest absolute Gasteiger partial charge is 0.236 e. The van der Waals surface area contributed by atoms with Gasteiger partial charge in [-0.2, -0.15) is 0 Å². The molecule has 7 heteroatoms. The van der Waals surface area contributed by atoms with Crippen molar-refractivity contribution in [1.29, 1.82) is 0 Å². The predicted octanol–water partition coefficient (Wildman–Crippen LogP) is 3.91. The fraction of sp³-hybridized carbons (Fsp3) is 0. The summed E-state index contributed by atoms with van der Waals surface area (Å²) in [5, 5.41) is 5.04. The monoisotopic (exact) mass is 348 g/mol. The summed E-state index contributed by atoms with van der Waals surface area (Å²) in [6.45, 7) is 0. The van der Waals surface area contributed by atoms with Gasteiger partial charge in [-0.25, -0.2) is 18.9 Å². The summed E-state index contributed by atoms with van der Waals surface area (Å²) in [5.74, 6) is 0.301. The maximum atomic E-state index is 13.4. The highest BCUT2D eigenvalue weighted by Crippen LogP contribution is 2.30. The average Bonchev–Trinajstić information content (AvgIpc) is 3.04. The molecular weight excluding hydrogens is 343 g/mol. The molecule has 0 aliphatic rings. The van der Waals surface area contributed by atoms with E-state index in [2.05, 4.69) is 31.0 Å². The quantitative estimate of drug-likeness (QED) is 0.523. The number of rotatable bonds is 1. The standard InChI is InChI=1S/C13H6BrFN4S/c14-11-4-3-10(20-11)12-17-13-8-5-7(15)1-2-9(8)16-6-19(13)18-12/h1-6H. The van der Waals surface area contributed by atoms with Gasteiger partial charge < -0.3 is 0 Å². The van der Waals surface area contributed by atoms with Gasteiger partial charge in [-0.1, -0.05) is 0 Å². The molecule has 4 rings (SSSR count). The predicted molar refractivity (Wildman–Crippen MR) is 79.3 cm³/mol. The first-order chi connectivity index (χ1) is 9.70. The molecule has 0 atom stereocenters. The van der Waals surface area contributed by atoms with E-state index in [1.54, 1.807) is 28.2 Å². The second-order valence-corrected chi connectivity index (χ2v) is 6.68. The van der Waals surface area contributed by atoms with Crippen molar-refractivity contribution in [2.24, 2.45) is 0 Å². The Kier molecular flexibility index (Phi) is 2.58. The lowest BCUT2D eigenvalue weighted by molar-refractivity contribution is 0.629. The van der Waals surface area contributed by atoms with Crippen molar-refractivity contribution >= 4 is 43.8 Å². The van der Waals surface area contributed by atoms with E-state index < -0.39 is 0 Å². The van der Waals surface area contributed by atoms with Crippen LogP contribution < -0.4 is 0 Å². The molecule has 0 aliphatic heterocycles. The highest BCUT2D eigenvalue weighted by atomic mass is 79.9. The molecule has 0 unspecified atom stereocenters. The Balaban J connectivity index is 2.03. The number of aromatic nitrogens is 4. The van der Waals surface area contributed by atoms with Crippen LogP contribution in [0.15, 0.2) is 40.4 Å². The summed E-state index contributed by atoms with van der Waals surface area (Å²) >= 11 is 4.97. The number of hydrogen-bond donors (Lipinski definition) is 0. The molecule has 3 aromatic heterocycles. The first-order valence-electron chi connectivity index (χ1n) is 5.77. The van der Waals surface area contributed by atoms with Crippen molar-refractivity contribution in [3.8, 4) is 10.7 Å². The lowest BCUT2D eigenvalue weighted by atomic mass is 10.2. The van der Waals surface area contributed by atoms with Crippen LogP contribution >= 0.6 is 27.3 Å². The minimum absolute atomic E-state index is 0.309. The Bertz CT molecular complexity index is 946. The molecule has 0 fully saturated rings. The van der Waals surface area contributed by atoms with Gasteiger partial charge in [-0.05, 0) is 46.3 Å². The van der Waals surface area contributed by atoms with E-state index in [4.69, 9.17) is 0 Å². The smallest absolute Gasteiger partial charge is 0.192 e. The van der Waals surface area contributed by atoms with E-state index in [1.165, 1.54) is 12.1 Å². The number of thiophene rings is 1. The molecule has 4 aromatic rings. The van der Waals surface area contributed by atoms with Gasteiger partial charge in [0.2, 0.25) is 0 Å². The summed E-state index contributed by atoms with van der Waals surface area (Å²) in [5.41, 5.74) is 1.30. The molecule has 98 valence electrons. The highest BCUT2D eigenvalue weighted by molar-refractivity contribution is 9.11. The van der Waals surface area contributed by atoms with Gasteiger partial charge in [0.25, 0.3) is 0 Å². The lowest BCUT2D eigenvalue weighted by Gasteiger charge is -1.97. The van der Waals surface area contributed by atoms with Crippen molar-refractivity contribution in [2.45, 2.75) is 0 Å². The van der Waals surface area contributed by atoms with E-state index in [0.29, 0.717) is 22.4 Å². The zero-order valence-corrected chi connectivity index (χ0v) is 12.3. The minimum atomic E-state index is -0.309. The van der Waals surface area contributed by atoms with E-state index in [-0.39, 0.29) is 5.82 Å². The Labute approximate surface area is 125 Å². The molecular formula is C13H6BrFN4S. The van der Waals surface area contributed by atoms with Crippen LogP contribution in [-0.4, -0.2) is 19.6 Å². The SMILES string of the molecule is Fc1ccc2ncn3nc(-c4ccc(Br)s4)nc3c2c1. The van der Waals surface area contributed by atoms with E-state index in [0.717, 1.165) is 8.66 Å². The third kappa shape index (κ3) is 1.82. The first kappa shape index (κ1) is 11.9. The Morgan fingerprint density at radius 1 is 1.20 bits per heavy atom. The van der Waals surface area contributed by atoms with Crippen molar-refractivity contribution in [3.05, 3.63) is 46.3 Å². The van der Waals surface area contributed by atoms with Crippen LogP contribution in [0.2, 0.25) is 0 Å². The molecule has 20 heavy (non-hydrogen) atoms. The number of nitrogens with zero attached hydrogens (tertiary/aromatic N) is 4. The van der Waals surface area contributed by atoms with Crippen LogP contribution in [0.25, 0.3) is 27.3 Å². The van der Waals surface area contributed by atoms with Gasteiger partial charge in [0.15, 0.2) is 11.5 Å². The zero-order valence-electron chi connectivity index (χ0n) is 9.92. The fourth-order valence-corrected chi connectivity index (χ4v) is 3.36. The van der Waals surface area contributed by atoms with Crippen LogP contribution in [0.3, 0.4) is 0 Å². The zero-order chi connectivity index (χ0) is 13.7. The highest BCUT2D eigenvalue weighted by Gasteiger charge is 2.12. The minimum Gasteiger partial charge on any atom is -0.236 e. The van der Waals surface area contributed by atoms with Gasteiger partial charge >= 0.3 is 0 Å². The molecule has 0 N–H and O–H groups in total. The number of benzene rings is 1. The fourth-order valence-electron chi connectivity index (χ4n) is 2.04. The van der Waals surface area contributed by atoms with Gasteiger partial charge in [-0.15, -0.1) is 16.4 Å². The normalized spacial score (nSPS) is 11.5. The Hall–Kier alpha value is -1.86. The van der Waals surface area contributed by atoms with Gasteiger partial charge in [-0.3, -0.25) is 0 Å². The van der Waals surface area contributed by atoms with Gasteiger partial charge in [0, 0.05) is 5.39 Å². The van der Waals surface area contributed by atoms with Crippen LogP contribution in [0.4, 0.5) is 4.39 Å². The molecule has 1 aromatic carbocycles. The van der Waals surface area contributed by atoms with Crippen LogP contribution in [-0.2, 0) is 0 Å². The average molecular weight is 349 g/mol. The van der Waals surface area contributed by atoms with Gasteiger partial charge in [0.05, 0.1) is 14.2 Å². The maximum Gasteiger partial charge on any atom is 0.192 e. The third-order valence-electron chi connectivity index (χ3n) is 2.93. The van der Waals surface area contributed by atoms with Crippen LogP contribution in [0.5, 0.6) is 0 Å². The number of halogens is 2. The summed E-state index contributed by atoms with van der Waals surface area (Å²) < 4.78 is 16.0. The van der Waals surface area contributed by atoms with Crippen molar-refractivity contribution < 1.29 is 4.39 Å². The molecule has 3 heterocycles. The molecule has 0 radical (unpaired) electrons. The van der Waals surface area contributed by atoms with Crippen LogP contribution in [0, 0.1) is 5.82 Å². The summed E-state index contributed by atoms with van der Waals surface area (Å²) in [4.78, 5) is 9.70. The Morgan fingerprint density at radius 3 is 2.90 bits per heavy atom. The van der Waals surface area contributed by atoms with Gasteiger partial charge in [0.1, 0.15) is 12.1 Å². The molecule has 0 saturated carbocycles. The molecule has 0 saturated heterocycles. The van der Waals surface area contributed by atoms with Crippen molar-refractivity contribution in [2.75, 3.05) is 0 Å². The summed E-state index contributed by atoms with van der Waals surface area (Å²) in [7, 11) is 0. The van der Waals surface area contributed by atoms with Crippen molar-refractivity contribution in [3.63, 3.8) is 0 Å². The second kappa shape index (κ2) is 4.32. The first-order valence-corrected chi connectivity index (χ1v) is 7.38. The van der Waals surface area contributed by atoms with E-state index in [1.807, 2.05) is 12.1 Å². The second-order valence-electron chi connectivity index (χ2n) is 4.21. The molecule has 0 aliphatic carbocycles. The van der Waals surface area contributed by atoms with E-state index >= 15 is 0 Å². The number of hydrogen-bond acceptors (Lipinski definition) is 4. The molecule has 0 bridgehead atoms. The summed E-state index contributed by atoms with van der Waals surface area (Å²) in [6, 6.07) is 8.35. The number of fused-ring (bicyclic) bond motifs is 3. The molecule has 0 spiro atoms. The Morgan fingerprint density at radius 2 is 2.10 bits per heavy atom. The topological polar surface area (TPSA) is 43.1 Å². The lowest BCUT2D eigenvalue weighted by Crippen LogP contribution is -1.91. The molecule has 4 nitrogen and oxygen atoms in total. The van der Waals surface area contributed by atoms with E-state index in [9.17, 15) is 4.39 Å². The van der Waals surface area contributed by atoms with Crippen LogP contribution in [0.1, 0.15) is 0 Å².